The summed E-state index contributed by atoms with van der Waals surface area (Å²) in [6, 6.07) is 7.92. The molecule has 0 saturated carbocycles. The maximum atomic E-state index is 14.0. The molecule has 0 bridgehead atoms. The lowest BCUT2D eigenvalue weighted by Gasteiger charge is -2.29. The number of allylic oxidation sites excluding steroid dienone is 6. The molecule has 37 heavy (non-hydrogen) atoms. The van der Waals surface area contributed by atoms with Gasteiger partial charge in [-0.25, -0.2) is 13.2 Å². The first kappa shape index (κ1) is 32.1. The maximum Gasteiger partial charge on any atom is 0.331 e. The van der Waals surface area contributed by atoms with Crippen molar-refractivity contribution in [2.45, 2.75) is 83.3 Å². The third kappa shape index (κ3) is 10.2. The molecule has 0 aliphatic heterocycles. The van der Waals surface area contributed by atoms with Gasteiger partial charge >= 0.3 is 11.9 Å². The number of benzene rings is 1. The first-order valence-electron chi connectivity index (χ1n) is 12.5. The molecule has 6 nitrogen and oxygen atoms in total. The molecular weight excluding hydrogens is 488 g/mol. The van der Waals surface area contributed by atoms with Gasteiger partial charge in [-0.1, -0.05) is 58.7 Å². The molecule has 0 aliphatic rings. The first-order chi connectivity index (χ1) is 17.4. The number of hydrogen-bond acceptors (Lipinski definition) is 6. The van der Waals surface area contributed by atoms with Gasteiger partial charge in [0.05, 0.1) is 12.0 Å². The lowest BCUT2D eigenvalue weighted by Crippen LogP contribution is -2.46. The highest BCUT2D eigenvalue weighted by molar-refractivity contribution is 7.93. The molecule has 204 valence electrons. The van der Waals surface area contributed by atoms with Crippen LogP contribution in [0.4, 0.5) is 0 Å². The summed E-state index contributed by atoms with van der Waals surface area (Å²) >= 11 is 0. The Morgan fingerprint density at radius 3 is 2.00 bits per heavy atom. The second-order valence-electron chi connectivity index (χ2n) is 9.63. The van der Waals surface area contributed by atoms with Crippen molar-refractivity contribution in [2.75, 3.05) is 13.7 Å². The molecule has 0 heterocycles. The molecule has 7 heteroatoms. The topological polar surface area (TPSA) is 86.7 Å². The minimum atomic E-state index is -4.19. The highest BCUT2D eigenvalue weighted by atomic mass is 32.2. The van der Waals surface area contributed by atoms with Crippen molar-refractivity contribution >= 4 is 21.8 Å². The molecule has 0 aromatic heterocycles. The molecule has 0 aliphatic carbocycles. The summed E-state index contributed by atoms with van der Waals surface area (Å²) in [6.07, 6.45) is 10.7. The smallest absolute Gasteiger partial charge is 0.331 e. The second kappa shape index (κ2) is 15.4. The van der Waals surface area contributed by atoms with Gasteiger partial charge in [-0.3, -0.25) is 4.79 Å². The number of hydrogen-bond donors (Lipinski definition) is 0. The van der Waals surface area contributed by atoms with Gasteiger partial charge in [0.1, 0.15) is 6.61 Å². The van der Waals surface area contributed by atoms with E-state index in [1.807, 2.05) is 6.92 Å². The van der Waals surface area contributed by atoms with Crippen LogP contribution in [0, 0.1) is 0 Å². The van der Waals surface area contributed by atoms with Crippen molar-refractivity contribution < 1.29 is 27.5 Å². The van der Waals surface area contributed by atoms with Crippen LogP contribution in [0.25, 0.3) is 0 Å². The zero-order chi connectivity index (χ0) is 28.1. The summed E-state index contributed by atoms with van der Waals surface area (Å²) in [7, 11) is -3.00. The van der Waals surface area contributed by atoms with Crippen LogP contribution in [0.3, 0.4) is 0 Å². The van der Waals surface area contributed by atoms with E-state index in [1.165, 1.54) is 43.4 Å². The fourth-order valence-corrected chi connectivity index (χ4v) is 5.95. The molecule has 0 N–H and O–H groups in total. The van der Waals surface area contributed by atoms with Crippen molar-refractivity contribution in [3.05, 3.63) is 76.9 Å². The second-order valence-corrected chi connectivity index (χ2v) is 11.8. The van der Waals surface area contributed by atoms with Gasteiger partial charge in [-0.15, -0.1) is 0 Å². The Kier molecular flexibility index (Phi) is 13.3. The van der Waals surface area contributed by atoms with Gasteiger partial charge in [0.25, 0.3) is 0 Å². The number of carbonyl (C=O) groups is 2. The van der Waals surface area contributed by atoms with Gasteiger partial charge < -0.3 is 9.47 Å². The third-order valence-corrected chi connectivity index (χ3v) is 8.21. The molecule has 0 spiro atoms. The van der Waals surface area contributed by atoms with Crippen LogP contribution in [0.5, 0.6) is 0 Å². The van der Waals surface area contributed by atoms with E-state index < -0.39 is 26.5 Å². The number of esters is 2. The van der Waals surface area contributed by atoms with Crippen molar-refractivity contribution in [1.29, 1.82) is 0 Å². The molecule has 1 atom stereocenters. The third-order valence-electron chi connectivity index (χ3n) is 5.93. The van der Waals surface area contributed by atoms with Crippen LogP contribution in [0.15, 0.2) is 81.8 Å². The summed E-state index contributed by atoms with van der Waals surface area (Å²) in [4.78, 5) is 24.5. The molecule has 0 fully saturated rings. The Morgan fingerprint density at radius 2 is 1.43 bits per heavy atom. The normalized spacial score (nSPS) is 14.5. The lowest BCUT2D eigenvalue weighted by atomic mass is 9.95. The standard InChI is InChI=1S/C30H42O6S/c1-23(2)13-11-14-24(3)15-12-16-25(4)21-30(29(32)35-7,22-26(5)19-20-36-27(6)31)37(33,34)28-17-9-8-10-18-28/h8-10,13,15,17-19,21H,11-12,14,16,20,22H2,1-7H3/b24-15+,25-21+,26-19+. The van der Waals surface area contributed by atoms with E-state index in [2.05, 4.69) is 32.9 Å². The van der Waals surface area contributed by atoms with E-state index in [0.29, 0.717) is 12.0 Å². The summed E-state index contributed by atoms with van der Waals surface area (Å²) in [5, 5.41) is 0. The van der Waals surface area contributed by atoms with Gasteiger partial charge in [-0.05, 0) is 78.5 Å². The zero-order valence-electron chi connectivity index (χ0n) is 23.3. The van der Waals surface area contributed by atoms with Crippen LogP contribution in [0.2, 0.25) is 0 Å². The molecule has 0 amide bonds. The summed E-state index contributed by atoms with van der Waals surface area (Å²) in [6.45, 7) is 11.1. The van der Waals surface area contributed by atoms with Crippen molar-refractivity contribution in [2.24, 2.45) is 0 Å². The maximum absolute atomic E-state index is 14.0. The highest BCUT2D eigenvalue weighted by Crippen LogP contribution is 2.36. The monoisotopic (exact) mass is 530 g/mol. The van der Waals surface area contributed by atoms with Crippen molar-refractivity contribution in [3.63, 3.8) is 0 Å². The molecule has 0 radical (unpaired) electrons. The largest absolute Gasteiger partial charge is 0.468 e. The number of ether oxygens (including phenoxy) is 2. The summed E-state index contributed by atoms with van der Waals surface area (Å²) in [5.41, 5.74) is 3.92. The van der Waals surface area contributed by atoms with E-state index in [-0.39, 0.29) is 17.9 Å². The van der Waals surface area contributed by atoms with Gasteiger partial charge in [-0.2, -0.15) is 0 Å². The Bertz CT molecular complexity index is 1140. The van der Waals surface area contributed by atoms with Gasteiger partial charge in [0.15, 0.2) is 14.6 Å². The number of rotatable bonds is 14. The van der Waals surface area contributed by atoms with E-state index >= 15 is 0 Å². The molecule has 1 aromatic carbocycles. The number of methoxy groups -OCH3 is 1. The molecule has 0 saturated heterocycles. The number of carbonyl (C=O) groups excluding carboxylic acids is 2. The van der Waals surface area contributed by atoms with Crippen molar-refractivity contribution in [1.82, 2.24) is 0 Å². The molecule has 1 rings (SSSR count). The highest BCUT2D eigenvalue weighted by Gasteiger charge is 2.51. The minimum absolute atomic E-state index is 0.0106. The first-order valence-corrected chi connectivity index (χ1v) is 14.0. The molecule has 1 aromatic rings. The van der Waals surface area contributed by atoms with E-state index in [4.69, 9.17) is 9.47 Å². The SMILES string of the molecule is COC(=O)C(/C=C(\C)CC/C=C(\C)CCC=C(C)C)(C/C(C)=C/COC(C)=O)S(=O)(=O)c1ccccc1. The number of sulfone groups is 1. The molecule has 1 unspecified atom stereocenters. The van der Waals surface area contributed by atoms with Gasteiger partial charge in [0, 0.05) is 13.3 Å². The predicted molar refractivity (Wildman–Crippen MR) is 149 cm³/mol. The Hall–Kier alpha value is -2.93. The van der Waals surface area contributed by atoms with E-state index in [9.17, 15) is 18.0 Å². The predicted octanol–water partition coefficient (Wildman–Crippen LogP) is 6.69. The van der Waals surface area contributed by atoms with E-state index in [0.717, 1.165) is 24.8 Å². The van der Waals surface area contributed by atoms with Crippen LogP contribution >= 0.6 is 0 Å². The van der Waals surface area contributed by atoms with Crippen LogP contribution < -0.4 is 0 Å². The van der Waals surface area contributed by atoms with Crippen LogP contribution in [-0.4, -0.2) is 38.8 Å². The minimum Gasteiger partial charge on any atom is -0.468 e. The van der Waals surface area contributed by atoms with Gasteiger partial charge in [0.2, 0.25) is 0 Å². The van der Waals surface area contributed by atoms with Crippen LogP contribution in [0.1, 0.15) is 73.6 Å². The average Bonchev–Trinajstić information content (AvgIpc) is 2.83. The average molecular weight is 531 g/mol. The summed E-state index contributed by atoms with van der Waals surface area (Å²) in [5.74, 6) is -1.30. The Balaban J connectivity index is 3.42. The van der Waals surface area contributed by atoms with Crippen molar-refractivity contribution in [3.8, 4) is 0 Å². The Labute approximate surface area is 223 Å². The fraction of sp³-hybridized carbons (Fsp3) is 0.467. The zero-order valence-corrected chi connectivity index (χ0v) is 24.1. The lowest BCUT2D eigenvalue weighted by molar-refractivity contribution is -0.142. The van der Waals surface area contributed by atoms with E-state index in [1.54, 1.807) is 31.2 Å². The molecular formula is C30H42O6S. The quantitative estimate of drug-likeness (QED) is 0.197. The fourth-order valence-electron chi connectivity index (χ4n) is 3.94. The Morgan fingerprint density at radius 1 is 0.838 bits per heavy atom. The summed E-state index contributed by atoms with van der Waals surface area (Å²) < 4.78 is 36.1. The van der Waals surface area contributed by atoms with Crippen LogP contribution in [-0.2, 0) is 28.9 Å².